The van der Waals surface area contributed by atoms with Crippen molar-refractivity contribution in [1.29, 1.82) is 0 Å². The zero-order chi connectivity index (χ0) is 22.5. The summed E-state index contributed by atoms with van der Waals surface area (Å²) in [6.45, 7) is 9.26. The number of aromatic nitrogens is 1. The van der Waals surface area contributed by atoms with Crippen LogP contribution in [-0.2, 0) is 24.3 Å². The van der Waals surface area contributed by atoms with Crippen molar-refractivity contribution in [2.45, 2.75) is 58.7 Å². The summed E-state index contributed by atoms with van der Waals surface area (Å²) in [7, 11) is 1.99. The molecule has 0 saturated carbocycles. The largest absolute Gasteiger partial charge is 0.216 e. The Morgan fingerprint density at radius 3 is 2.43 bits per heavy atom. The van der Waals surface area contributed by atoms with Crippen molar-refractivity contribution in [3.63, 3.8) is 0 Å². The number of pyridine rings is 1. The van der Waals surface area contributed by atoms with Crippen LogP contribution in [0.3, 0.4) is 0 Å². The molecular weight excluding hydrogens is 338 g/mol. The Kier molecular flexibility index (Phi) is 2.78. The Balaban J connectivity index is 1.90. The molecule has 0 fully saturated rings. The summed E-state index contributed by atoms with van der Waals surface area (Å²) < 4.78 is 26.0. The van der Waals surface area contributed by atoms with Crippen LogP contribution in [-0.4, -0.2) is 0 Å². The van der Waals surface area contributed by atoms with Crippen LogP contribution in [0.25, 0.3) is 22.4 Å². The summed E-state index contributed by atoms with van der Waals surface area (Å²) in [5.41, 5.74) is 11.8. The fourth-order valence-electron chi connectivity index (χ4n) is 5.44. The third-order valence-electron chi connectivity index (χ3n) is 7.77. The topological polar surface area (TPSA) is 3.88 Å². The van der Waals surface area contributed by atoms with Crippen LogP contribution < -0.4 is 4.57 Å². The minimum absolute atomic E-state index is 0.160. The number of benzene rings is 2. The number of fused-ring (bicyclic) bond motifs is 6. The smallest absolute Gasteiger partial charge is 0.200 e. The van der Waals surface area contributed by atoms with Gasteiger partial charge < -0.3 is 0 Å². The Hall–Kier alpha value is -2.41. The van der Waals surface area contributed by atoms with Gasteiger partial charge in [0.05, 0.1) is 5.56 Å². The molecule has 2 aliphatic rings. The van der Waals surface area contributed by atoms with Gasteiger partial charge in [0.15, 0.2) is 6.20 Å². The first-order valence-corrected chi connectivity index (χ1v) is 10.2. The molecule has 0 saturated heterocycles. The molecule has 142 valence electrons. The summed E-state index contributed by atoms with van der Waals surface area (Å²) in [6.07, 6.45) is 2.76. The SMILES string of the molecule is [2H]C([2H])([2H])c1cc2c([n+](C)c1)-c1c(cc3c(c1C)Cc1ccccc1-3)C(C)(C)C2(C)C. The molecule has 2 aromatic carbocycles. The van der Waals surface area contributed by atoms with Crippen LogP contribution in [0.5, 0.6) is 0 Å². The Labute approximate surface area is 173 Å². The van der Waals surface area contributed by atoms with Gasteiger partial charge in [-0.05, 0) is 71.1 Å². The van der Waals surface area contributed by atoms with E-state index in [9.17, 15) is 0 Å². The van der Waals surface area contributed by atoms with Crippen LogP contribution in [0, 0.1) is 13.8 Å². The lowest BCUT2D eigenvalue weighted by atomic mass is 9.55. The van der Waals surface area contributed by atoms with E-state index in [-0.39, 0.29) is 10.8 Å². The molecule has 3 aromatic rings. The molecular formula is C27H30N+. The van der Waals surface area contributed by atoms with Crippen LogP contribution in [0.1, 0.15) is 65.2 Å². The first kappa shape index (κ1) is 14.6. The molecule has 0 bridgehead atoms. The van der Waals surface area contributed by atoms with Crippen LogP contribution in [0.4, 0.5) is 0 Å². The van der Waals surface area contributed by atoms with Gasteiger partial charge >= 0.3 is 0 Å². The molecule has 0 radical (unpaired) electrons. The van der Waals surface area contributed by atoms with E-state index in [2.05, 4.69) is 65.0 Å². The minimum Gasteiger partial charge on any atom is -0.200 e. The molecule has 0 atom stereocenters. The molecule has 1 heteroatoms. The van der Waals surface area contributed by atoms with Gasteiger partial charge in [0.2, 0.25) is 5.69 Å². The molecule has 0 amide bonds. The predicted molar refractivity (Wildman–Crippen MR) is 117 cm³/mol. The van der Waals surface area contributed by atoms with E-state index >= 15 is 0 Å². The summed E-state index contributed by atoms with van der Waals surface area (Å²) in [6, 6.07) is 13.1. The lowest BCUT2D eigenvalue weighted by Gasteiger charge is -2.47. The van der Waals surface area contributed by atoms with Gasteiger partial charge in [-0.25, -0.2) is 4.57 Å². The van der Waals surface area contributed by atoms with Gasteiger partial charge in [-0.3, -0.25) is 0 Å². The zero-order valence-corrected chi connectivity index (χ0v) is 17.7. The predicted octanol–water partition coefficient (Wildman–Crippen LogP) is 5.93. The fourth-order valence-corrected chi connectivity index (χ4v) is 5.44. The molecule has 1 heterocycles. The maximum atomic E-state index is 8.00. The quantitative estimate of drug-likeness (QED) is 0.337. The average molecular weight is 372 g/mol. The summed E-state index contributed by atoms with van der Waals surface area (Å²) in [5.74, 6) is 0. The summed E-state index contributed by atoms with van der Waals surface area (Å²) in [4.78, 5) is 0. The van der Waals surface area contributed by atoms with Gasteiger partial charge in [-0.15, -0.1) is 0 Å². The van der Waals surface area contributed by atoms with Crippen LogP contribution in [0.15, 0.2) is 42.6 Å². The Morgan fingerprint density at radius 2 is 1.68 bits per heavy atom. The molecule has 1 aromatic heterocycles. The number of aryl methyl sites for hydroxylation is 2. The molecule has 0 unspecified atom stereocenters. The van der Waals surface area contributed by atoms with Crippen molar-refractivity contribution < 1.29 is 8.68 Å². The molecule has 0 aliphatic heterocycles. The molecule has 0 N–H and O–H groups in total. The number of rotatable bonds is 0. The Bertz CT molecular complexity index is 1260. The second kappa shape index (κ2) is 5.35. The van der Waals surface area contributed by atoms with Crippen LogP contribution in [0.2, 0.25) is 0 Å². The van der Waals surface area contributed by atoms with E-state index in [1.54, 1.807) is 6.20 Å². The summed E-state index contributed by atoms with van der Waals surface area (Å²) in [5, 5.41) is 0. The van der Waals surface area contributed by atoms with Crippen LogP contribution >= 0.6 is 0 Å². The second-order valence-corrected chi connectivity index (χ2v) is 9.64. The van der Waals surface area contributed by atoms with E-state index in [1.807, 2.05) is 17.7 Å². The third-order valence-corrected chi connectivity index (χ3v) is 7.77. The van der Waals surface area contributed by atoms with E-state index < -0.39 is 6.85 Å². The number of hydrogen-bond acceptors (Lipinski definition) is 0. The molecule has 28 heavy (non-hydrogen) atoms. The lowest BCUT2D eigenvalue weighted by Crippen LogP contribution is -2.48. The molecule has 5 rings (SSSR count). The maximum Gasteiger partial charge on any atom is 0.216 e. The normalized spacial score (nSPS) is 19.6. The summed E-state index contributed by atoms with van der Waals surface area (Å²) >= 11 is 0. The average Bonchev–Trinajstić information content (AvgIpc) is 3.05. The van der Waals surface area contributed by atoms with Gasteiger partial charge in [-0.2, -0.15) is 0 Å². The van der Waals surface area contributed by atoms with Gasteiger partial charge in [0.1, 0.15) is 7.05 Å². The molecule has 0 spiro atoms. The maximum absolute atomic E-state index is 8.00. The van der Waals surface area contributed by atoms with Crippen molar-refractivity contribution in [1.82, 2.24) is 0 Å². The van der Waals surface area contributed by atoms with Crippen molar-refractivity contribution in [2.75, 3.05) is 0 Å². The third kappa shape index (κ3) is 2.00. The van der Waals surface area contributed by atoms with Crippen molar-refractivity contribution in [3.05, 3.63) is 76.0 Å². The van der Waals surface area contributed by atoms with E-state index in [0.29, 0.717) is 5.56 Å². The van der Waals surface area contributed by atoms with Gasteiger partial charge in [0, 0.05) is 20.7 Å². The van der Waals surface area contributed by atoms with E-state index in [1.165, 1.54) is 38.9 Å². The first-order valence-electron chi connectivity index (χ1n) is 11.7. The Morgan fingerprint density at radius 1 is 0.964 bits per heavy atom. The van der Waals surface area contributed by atoms with Crippen molar-refractivity contribution in [3.8, 4) is 22.4 Å². The minimum atomic E-state index is -2.12. The molecule has 2 aliphatic carbocycles. The highest BCUT2D eigenvalue weighted by Gasteiger charge is 2.50. The highest BCUT2D eigenvalue weighted by atomic mass is 14.9. The fraction of sp³-hybridized carbons (Fsp3) is 0.370. The number of hydrogen-bond donors (Lipinski definition) is 0. The molecule has 1 nitrogen and oxygen atoms in total. The highest BCUT2D eigenvalue weighted by Crippen LogP contribution is 2.56. The number of nitrogens with zero attached hydrogens (tertiary/aromatic N) is 1. The highest BCUT2D eigenvalue weighted by molar-refractivity contribution is 5.86. The standard InChI is InChI=1S/C27H30N/c1-16-12-23-25(28(7)15-16)24-17(2)20-13-18-10-8-9-11-19(18)21(20)14-22(24)26(3,4)27(23,5)6/h8-12,14-15H,13H2,1-7H3/q+1/i1D3. The van der Waals surface area contributed by atoms with E-state index in [0.717, 1.165) is 17.7 Å². The first-order chi connectivity index (χ1) is 14.4. The second-order valence-electron chi connectivity index (χ2n) is 9.64. The lowest BCUT2D eigenvalue weighted by molar-refractivity contribution is -0.661. The van der Waals surface area contributed by atoms with Gasteiger partial charge in [-0.1, -0.05) is 52.0 Å². The van der Waals surface area contributed by atoms with Gasteiger partial charge in [0.25, 0.3) is 0 Å². The monoisotopic (exact) mass is 371 g/mol. The van der Waals surface area contributed by atoms with E-state index in [4.69, 9.17) is 4.11 Å². The van der Waals surface area contributed by atoms with Crippen molar-refractivity contribution in [2.24, 2.45) is 7.05 Å². The van der Waals surface area contributed by atoms with Crippen molar-refractivity contribution >= 4 is 0 Å². The zero-order valence-electron chi connectivity index (χ0n) is 20.7.